The number of ether oxygens (including phenoxy) is 2. The Bertz CT molecular complexity index is 697. The highest BCUT2D eigenvalue weighted by Crippen LogP contribution is 2.28. The molecule has 0 amide bonds. The molecular formula is C18H21NO4. The number of hydrogen-bond acceptors (Lipinski definition) is 4. The lowest BCUT2D eigenvalue weighted by Gasteiger charge is -2.14. The summed E-state index contributed by atoms with van der Waals surface area (Å²) in [5.74, 6) is 0.471. The maximum atomic E-state index is 11.2. The molecule has 0 aliphatic heterocycles. The Morgan fingerprint density at radius 2 is 2.00 bits per heavy atom. The van der Waals surface area contributed by atoms with E-state index in [1.165, 1.54) is 0 Å². The van der Waals surface area contributed by atoms with Crippen LogP contribution in [0.3, 0.4) is 0 Å². The Morgan fingerprint density at radius 3 is 2.65 bits per heavy atom. The first kappa shape index (κ1) is 16.7. The fourth-order valence-electron chi connectivity index (χ4n) is 2.35. The molecule has 23 heavy (non-hydrogen) atoms. The molecule has 0 heterocycles. The number of benzene rings is 2. The van der Waals surface area contributed by atoms with Crippen LogP contribution in [0.25, 0.3) is 0 Å². The van der Waals surface area contributed by atoms with E-state index in [9.17, 15) is 4.79 Å². The number of carboxylic acids is 1. The van der Waals surface area contributed by atoms with Gasteiger partial charge in [0.05, 0.1) is 19.3 Å². The van der Waals surface area contributed by atoms with Gasteiger partial charge in [-0.3, -0.25) is 0 Å². The molecule has 0 spiro atoms. The predicted octanol–water partition coefficient (Wildman–Crippen LogP) is 3.71. The van der Waals surface area contributed by atoms with Gasteiger partial charge in [0.25, 0.3) is 0 Å². The SMILES string of the molecule is CCOc1ccc(CNc2cccc(C(=O)O)c2C)cc1OC. The summed E-state index contributed by atoms with van der Waals surface area (Å²) in [5, 5.41) is 12.4. The molecule has 2 aromatic rings. The summed E-state index contributed by atoms with van der Waals surface area (Å²) < 4.78 is 10.8. The summed E-state index contributed by atoms with van der Waals surface area (Å²) in [6.45, 7) is 4.86. The monoisotopic (exact) mass is 315 g/mol. The first-order valence-corrected chi connectivity index (χ1v) is 7.43. The zero-order valence-corrected chi connectivity index (χ0v) is 13.6. The van der Waals surface area contributed by atoms with E-state index >= 15 is 0 Å². The Hall–Kier alpha value is -2.69. The highest BCUT2D eigenvalue weighted by atomic mass is 16.5. The molecule has 0 saturated heterocycles. The Morgan fingerprint density at radius 1 is 1.22 bits per heavy atom. The third kappa shape index (κ3) is 3.94. The number of hydrogen-bond donors (Lipinski definition) is 2. The summed E-state index contributed by atoms with van der Waals surface area (Å²) in [5.41, 5.74) is 2.85. The van der Waals surface area contributed by atoms with Crippen molar-refractivity contribution in [3.05, 3.63) is 53.1 Å². The second-order valence-corrected chi connectivity index (χ2v) is 5.06. The minimum atomic E-state index is -0.922. The molecule has 5 heteroatoms. The van der Waals surface area contributed by atoms with Crippen LogP contribution in [-0.2, 0) is 6.54 Å². The van der Waals surface area contributed by atoms with Crippen LogP contribution in [0, 0.1) is 6.92 Å². The van der Waals surface area contributed by atoms with Crippen LogP contribution in [0.5, 0.6) is 11.5 Å². The van der Waals surface area contributed by atoms with E-state index in [1.807, 2.05) is 31.2 Å². The van der Waals surface area contributed by atoms with E-state index in [0.717, 1.165) is 16.8 Å². The maximum absolute atomic E-state index is 11.2. The molecule has 0 aliphatic carbocycles. The van der Waals surface area contributed by atoms with Gasteiger partial charge in [0.15, 0.2) is 11.5 Å². The molecule has 0 fully saturated rings. The lowest BCUT2D eigenvalue weighted by atomic mass is 10.1. The van der Waals surface area contributed by atoms with Gasteiger partial charge in [-0.05, 0) is 49.2 Å². The molecule has 0 saturated carbocycles. The average molecular weight is 315 g/mol. The van der Waals surface area contributed by atoms with E-state index in [2.05, 4.69) is 5.32 Å². The molecule has 0 unspecified atom stereocenters. The number of carbonyl (C=O) groups is 1. The van der Waals surface area contributed by atoms with Crippen LogP contribution in [0.4, 0.5) is 5.69 Å². The van der Waals surface area contributed by atoms with Crippen molar-refractivity contribution in [2.75, 3.05) is 19.0 Å². The molecular weight excluding hydrogens is 294 g/mol. The minimum Gasteiger partial charge on any atom is -0.493 e. The molecule has 2 N–H and O–H groups in total. The Kier molecular flexibility index (Phi) is 5.46. The summed E-state index contributed by atoms with van der Waals surface area (Å²) >= 11 is 0. The molecule has 5 nitrogen and oxygen atoms in total. The quantitative estimate of drug-likeness (QED) is 0.815. The zero-order chi connectivity index (χ0) is 16.8. The highest BCUT2D eigenvalue weighted by molar-refractivity contribution is 5.91. The zero-order valence-electron chi connectivity index (χ0n) is 13.6. The van der Waals surface area contributed by atoms with Gasteiger partial charge < -0.3 is 19.9 Å². The fourth-order valence-corrected chi connectivity index (χ4v) is 2.35. The van der Waals surface area contributed by atoms with Crippen LogP contribution < -0.4 is 14.8 Å². The standard InChI is InChI=1S/C18H21NO4/c1-4-23-16-9-8-13(10-17(16)22-3)11-19-15-7-5-6-14(12(15)2)18(20)21/h5-10,19H,4,11H2,1-3H3,(H,20,21). The van der Waals surface area contributed by atoms with Crippen molar-refractivity contribution in [1.29, 1.82) is 0 Å². The van der Waals surface area contributed by atoms with Crippen molar-refractivity contribution >= 4 is 11.7 Å². The molecule has 0 aromatic heterocycles. The lowest BCUT2D eigenvalue weighted by molar-refractivity contribution is 0.0696. The summed E-state index contributed by atoms with van der Waals surface area (Å²) in [6, 6.07) is 10.9. The second kappa shape index (κ2) is 7.54. The van der Waals surface area contributed by atoms with E-state index in [4.69, 9.17) is 14.6 Å². The van der Waals surface area contributed by atoms with Crippen molar-refractivity contribution in [1.82, 2.24) is 0 Å². The van der Waals surface area contributed by atoms with Gasteiger partial charge in [-0.25, -0.2) is 4.79 Å². The van der Waals surface area contributed by atoms with Crippen molar-refractivity contribution < 1.29 is 19.4 Å². The number of anilines is 1. The number of methoxy groups -OCH3 is 1. The van der Waals surface area contributed by atoms with Crippen LogP contribution in [0.15, 0.2) is 36.4 Å². The third-order valence-electron chi connectivity index (χ3n) is 3.58. The third-order valence-corrected chi connectivity index (χ3v) is 3.58. The number of nitrogens with one attached hydrogen (secondary N) is 1. The molecule has 0 bridgehead atoms. The average Bonchev–Trinajstić information content (AvgIpc) is 2.54. The van der Waals surface area contributed by atoms with Gasteiger partial charge in [0.1, 0.15) is 0 Å². The minimum absolute atomic E-state index is 0.305. The fraction of sp³-hybridized carbons (Fsp3) is 0.278. The number of aromatic carboxylic acids is 1. The smallest absolute Gasteiger partial charge is 0.336 e. The Labute approximate surface area is 135 Å². The topological polar surface area (TPSA) is 67.8 Å². The Balaban J connectivity index is 2.15. The summed E-state index contributed by atoms with van der Waals surface area (Å²) in [7, 11) is 1.61. The molecule has 0 radical (unpaired) electrons. The second-order valence-electron chi connectivity index (χ2n) is 5.06. The molecule has 2 aromatic carbocycles. The van der Waals surface area contributed by atoms with Crippen molar-refractivity contribution in [2.45, 2.75) is 20.4 Å². The maximum Gasteiger partial charge on any atom is 0.336 e. The van der Waals surface area contributed by atoms with Gasteiger partial charge in [0, 0.05) is 12.2 Å². The van der Waals surface area contributed by atoms with Crippen LogP contribution in [0.2, 0.25) is 0 Å². The molecule has 0 aliphatic rings. The predicted molar refractivity (Wildman–Crippen MR) is 89.6 cm³/mol. The summed E-state index contributed by atoms with van der Waals surface area (Å²) in [6.07, 6.45) is 0. The van der Waals surface area contributed by atoms with Gasteiger partial charge in [-0.2, -0.15) is 0 Å². The highest BCUT2D eigenvalue weighted by Gasteiger charge is 2.10. The van der Waals surface area contributed by atoms with E-state index < -0.39 is 5.97 Å². The van der Waals surface area contributed by atoms with Gasteiger partial charge in [0.2, 0.25) is 0 Å². The van der Waals surface area contributed by atoms with Gasteiger partial charge in [-0.15, -0.1) is 0 Å². The van der Waals surface area contributed by atoms with Gasteiger partial charge >= 0.3 is 5.97 Å². The largest absolute Gasteiger partial charge is 0.493 e. The van der Waals surface area contributed by atoms with E-state index in [0.29, 0.717) is 30.2 Å². The van der Waals surface area contributed by atoms with Gasteiger partial charge in [-0.1, -0.05) is 12.1 Å². The summed E-state index contributed by atoms with van der Waals surface area (Å²) in [4.78, 5) is 11.2. The van der Waals surface area contributed by atoms with Crippen molar-refractivity contribution in [3.8, 4) is 11.5 Å². The van der Waals surface area contributed by atoms with E-state index in [1.54, 1.807) is 26.2 Å². The van der Waals surface area contributed by atoms with Crippen LogP contribution in [0.1, 0.15) is 28.4 Å². The van der Waals surface area contributed by atoms with Crippen molar-refractivity contribution in [3.63, 3.8) is 0 Å². The lowest BCUT2D eigenvalue weighted by Crippen LogP contribution is -2.06. The first-order chi connectivity index (χ1) is 11.1. The molecule has 122 valence electrons. The first-order valence-electron chi connectivity index (χ1n) is 7.43. The number of carboxylic acid groups (broad SMARTS) is 1. The molecule has 2 rings (SSSR count). The van der Waals surface area contributed by atoms with Crippen molar-refractivity contribution in [2.24, 2.45) is 0 Å². The van der Waals surface area contributed by atoms with Crippen LogP contribution in [-0.4, -0.2) is 24.8 Å². The number of rotatable bonds is 7. The van der Waals surface area contributed by atoms with E-state index in [-0.39, 0.29) is 0 Å². The normalized spacial score (nSPS) is 10.2. The molecule has 0 atom stereocenters. The van der Waals surface area contributed by atoms with Crippen LogP contribution >= 0.6 is 0 Å².